The summed E-state index contributed by atoms with van der Waals surface area (Å²) in [5, 5.41) is 0. The zero-order valence-corrected chi connectivity index (χ0v) is 18.0. The number of halogens is 2. The molecule has 1 radical (unpaired) electrons. The van der Waals surface area contributed by atoms with Gasteiger partial charge in [0.05, 0.1) is 0 Å². The largest absolute Gasteiger partial charge is 3.00 e. The molecule has 0 spiro atoms. The molecule has 1 aliphatic carbocycles. The first-order valence-corrected chi connectivity index (χ1v) is 7.49. The van der Waals surface area contributed by atoms with Gasteiger partial charge in [-0.25, -0.2) is 0 Å². The summed E-state index contributed by atoms with van der Waals surface area (Å²) in [4.78, 5) is 2.43. The third kappa shape index (κ3) is 4.41. The molecule has 2 aromatic rings. The van der Waals surface area contributed by atoms with Crippen molar-refractivity contribution in [3.63, 3.8) is 0 Å². The van der Waals surface area contributed by atoms with Crippen molar-refractivity contribution in [3.8, 4) is 11.1 Å². The number of hydrogen-bond donors (Lipinski definition) is 0. The van der Waals surface area contributed by atoms with Gasteiger partial charge in [0.25, 0.3) is 0 Å². The molecule has 0 atom stereocenters. The Hall–Kier alpha value is -0.297. The molecule has 2 aromatic carbocycles. The number of rotatable bonds is 3. The van der Waals surface area contributed by atoms with Gasteiger partial charge < -0.3 is 29.7 Å². The third-order valence-corrected chi connectivity index (χ3v) is 4.08. The topological polar surface area (TPSA) is 3.24 Å². The summed E-state index contributed by atoms with van der Waals surface area (Å²) < 4.78 is 0. The molecule has 0 bridgehead atoms. The fraction of sp³-hybridized carbons (Fsp3) is 0.368. The van der Waals surface area contributed by atoms with Crippen molar-refractivity contribution in [2.75, 3.05) is 4.90 Å². The van der Waals surface area contributed by atoms with Crippen LogP contribution in [0.15, 0.2) is 36.4 Å². The van der Waals surface area contributed by atoms with E-state index in [1.807, 2.05) is 0 Å². The first-order chi connectivity index (χ1) is 9.58. The van der Waals surface area contributed by atoms with E-state index in [9.17, 15) is 0 Å². The van der Waals surface area contributed by atoms with Crippen LogP contribution < -0.4 is 29.7 Å². The van der Waals surface area contributed by atoms with Crippen molar-refractivity contribution in [2.24, 2.45) is 0 Å². The average Bonchev–Trinajstić information content (AvgIpc) is 2.75. The van der Waals surface area contributed by atoms with E-state index < -0.39 is 0 Å². The van der Waals surface area contributed by atoms with E-state index in [0.29, 0.717) is 12.1 Å². The normalized spacial score (nSPS) is 11.0. The van der Waals surface area contributed by atoms with Gasteiger partial charge in [0, 0.05) is 12.1 Å². The van der Waals surface area contributed by atoms with E-state index in [-0.39, 0.29) is 51.0 Å². The summed E-state index contributed by atoms with van der Waals surface area (Å²) in [6.07, 6.45) is 1.02. The van der Waals surface area contributed by atoms with Crippen LogP contribution in [0.4, 0.5) is 5.69 Å². The monoisotopic (exact) mass is 424 g/mol. The number of benzene rings is 2. The van der Waals surface area contributed by atoms with Gasteiger partial charge in [0.1, 0.15) is 0 Å². The van der Waals surface area contributed by atoms with Crippen molar-refractivity contribution >= 4 is 5.69 Å². The second-order valence-corrected chi connectivity index (χ2v) is 6.16. The van der Waals surface area contributed by atoms with E-state index in [1.165, 1.54) is 27.9 Å². The maximum atomic E-state index is 3.66. The van der Waals surface area contributed by atoms with E-state index in [2.05, 4.69) is 75.1 Å². The molecule has 0 aromatic heterocycles. The van der Waals surface area contributed by atoms with Gasteiger partial charge >= 0.3 is 26.2 Å². The van der Waals surface area contributed by atoms with Crippen LogP contribution in [-0.2, 0) is 32.6 Å². The molecule has 23 heavy (non-hydrogen) atoms. The molecule has 0 heterocycles. The molecule has 0 unspecified atom stereocenters. The van der Waals surface area contributed by atoms with Crippen LogP contribution in [0, 0.1) is 6.07 Å². The van der Waals surface area contributed by atoms with Gasteiger partial charge in [-0.15, -0.1) is 17.2 Å². The van der Waals surface area contributed by atoms with E-state index >= 15 is 0 Å². The Morgan fingerprint density at radius 3 is 2.09 bits per heavy atom. The fourth-order valence-corrected chi connectivity index (χ4v) is 3.35. The molecule has 0 aliphatic heterocycles. The molecule has 4 heteroatoms. The minimum Gasteiger partial charge on any atom is -1.00 e. The van der Waals surface area contributed by atoms with E-state index in [1.54, 1.807) is 0 Å². The van der Waals surface area contributed by atoms with Crippen molar-refractivity contribution in [3.05, 3.63) is 53.6 Å². The number of nitrogens with zero attached hydrogens (tertiary/aromatic N) is 1. The van der Waals surface area contributed by atoms with Gasteiger partial charge in [-0.3, -0.25) is 0 Å². The van der Waals surface area contributed by atoms with Gasteiger partial charge in [-0.2, -0.15) is 12.1 Å². The van der Waals surface area contributed by atoms with Gasteiger partial charge in [-0.05, 0) is 34.1 Å². The summed E-state index contributed by atoms with van der Waals surface area (Å²) >= 11 is 0. The summed E-state index contributed by atoms with van der Waals surface area (Å²) in [6, 6.07) is 17.8. The van der Waals surface area contributed by atoms with Crippen LogP contribution in [0.5, 0.6) is 0 Å². The van der Waals surface area contributed by atoms with Crippen LogP contribution in [0.3, 0.4) is 0 Å². The molecule has 1 nitrogen and oxygen atoms in total. The quantitative estimate of drug-likeness (QED) is 0.470. The minimum absolute atomic E-state index is 0. The molecular weight excluding hydrogens is 404 g/mol. The number of hydrogen-bond acceptors (Lipinski definition) is 1. The smallest absolute Gasteiger partial charge is 1.00 e. The summed E-state index contributed by atoms with van der Waals surface area (Å²) in [5.41, 5.74) is 6.73. The number of anilines is 1. The molecular formula is C19H22Cl2NZr. The molecule has 3 rings (SSSR count). The van der Waals surface area contributed by atoms with Crippen LogP contribution in [0.2, 0.25) is 0 Å². The van der Waals surface area contributed by atoms with Gasteiger partial charge in [0.2, 0.25) is 0 Å². The Morgan fingerprint density at radius 1 is 0.870 bits per heavy atom. The summed E-state index contributed by atoms with van der Waals surface area (Å²) in [6.45, 7) is 8.98. The second kappa shape index (κ2) is 9.26. The van der Waals surface area contributed by atoms with Gasteiger partial charge in [0.15, 0.2) is 0 Å². The van der Waals surface area contributed by atoms with Crippen molar-refractivity contribution in [1.82, 2.24) is 0 Å². The van der Waals surface area contributed by atoms with Crippen LogP contribution in [-0.4, -0.2) is 12.1 Å². The molecule has 0 fully saturated rings. The Balaban J connectivity index is 0.00000161. The molecule has 0 N–H and O–H groups in total. The van der Waals surface area contributed by atoms with Crippen LogP contribution in [0.1, 0.15) is 38.8 Å². The summed E-state index contributed by atoms with van der Waals surface area (Å²) in [7, 11) is 0. The Morgan fingerprint density at radius 2 is 1.48 bits per heavy atom. The van der Waals surface area contributed by atoms with E-state index in [0.717, 1.165) is 6.42 Å². The summed E-state index contributed by atoms with van der Waals surface area (Å²) in [5.74, 6) is 0. The average molecular weight is 427 g/mol. The SMILES string of the molecule is CC(C)N(c1[c-]c2c(cc1)-c1ccccc1C2)C(C)C.[Cl-].[Cl-].[Zr+3]. The maximum absolute atomic E-state index is 3.66. The van der Waals surface area contributed by atoms with E-state index in [4.69, 9.17) is 0 Å². The van der Waals surface area contributed by atoms with Crippen molar-refractivity contribution in [2.45, 2.75) is 46.2 Å². The van der Waals surface area contributed by atoms with Crippen molar-refractivity contribution in [1.29, 1.82) is 0 Å². The Labute approximate surface area is 171 Å². The fourth-order valence-electron chi connectivity index (χ4n) is 3.35. The van der Waals surface area contributed by atoms with Crippen LogP contribution >= 0.6 is 0 Å². The Bertz CT molecular complexity index is 633. The zero-order chi connectivity index (χ0) is 14.3. The maximum Gasteiger partial charge on any atom is 3.00 e. The standard InChI is InChI=1S/C19H22N.2ClH.Zr/c1-13(2)20(14(3)4)17-9-10-19-16(12-17)11-15-7-5-6-8-18(15)19;;;/h5-10,13-14H,11H2,1-4H3;2*1H;/q-1;;;+3/p-2. The zero-order valence-electron chi connectivity index (χ0n) is 14.0. The Kier molecular flexibility index (Phi) is 9.14. The second-order valence-electron chi connectivity index (χ2n) is 6.16. The minimum atomic E-state index is 0. The first kappa shape index (κ1) is 22.7. The molecule has 1 aliphatic rings. The predicted molar refractivity (Wildman–Crippen MR) is 86.3 cm³/mol. The number of fused-ring (bicyclic) bond motifs is 3. The van der Waals surface area contributed by atoms with Gasteiger partial charge in [-0.1, -0.05) is 41.1 Å². The third-order valence-electron chi connectivity index (χ3n) is 4.08. The molecule has 0 saturated heterocycles. The first-order valence-electron chi connectivity index (χ1n) is 7.49. The van der Waals surface area contributed by atoms with Crippen molar-refractivity contribution < 1.29 is 51.0 Å². The molecule has 0 saturated carbocycles. The predicted octanol–water partition coefficient (Wildman–Crippen LogP) is -1.31. The van der Waals surface area contributed by atoms with Crippen LogP contribution in [0.25, 0.3) is 11.1 Å². The molecule has 121 valence electrons. The molecule has 0 amide bonds.